The molecule has 2 rings (SSSR count). The van der Waals surface area contributed by atoms with Gasteiger partial charge < -0.3 is 10.0 Å². The third-order valence-electron chi connectivity index (χ3n) is 2.62. The van der Waals surface area contributed by atoms with Gasteiger partial charge >= 0.3 is 12.0 Å². The molecule has 1 aliphatic rings. The van der Waals surface area contributed by atoms with Gasteiger partial charge in [-0.25, -0.2) is 9.59 Å². The highest BCUT2D eigenvalue weighted by molar-refractivity contribution is 7.99. The van der Waals surface area contributed by atoms with Crippen LogP contribution in [0.15, 0.2) is 12.3 Å². The van der Waals surface area contributed by atoms with Crippen LogP contribution in [0.5, 0.6) is 0 Å². The first-order chi connectivity index (χ1) is 8.58. The van der Waals surface area contributed by atoms with Gasteiger partial charge in [0.15, 0.2) is 5.82 Å². The van der Waals surface area contributed by atoms with Crippen LogP contribution in [0.25, 0.3) is 0 Å². The topological polar surface area (TPSA) is 87.5 Å². The number of aryl methyl sites for hydroxylation is 1. The third-order valence-corrected chi connectivity index (χ3v) is 3.65. The Morgan fingerprint density at radius 3 is 3.00 bits per heavy atom. The van der Waals surface area contributed by atoms with Crippen molar-refractivity contribution in [3.8, 4) is 0 Å². The molecule has 1 fully saturated rings. The molecule has 0 spiro atoms. The van der Waals surface area contributed by atoms with Crippen LogP contribution in [-0.4, -0.2) is 55.9 Å². The number of anilines is 1. The molecule has 2 N–H and O–H groups in total. The number of urea groups is 1. The number of thioether (sulfide) groups is 1. The maximum Gasteiger partial charge on any atom is 0.327 e. The number of carboxylic acids is 1. The van der Waals surface area contributed by atoms with E-state index in [1.165, 1.54) is 4.90 Å². The number of carbonyl (C=O) groups excluding carboxylic acids is 1. The molecular weight excluding hydrogens is 256 g/mol. The molecule has 7 nitrogen and oxygen atoms in total. The highest BCUT2D eigenvalue weighted by Crippen LogP contribution is 2.17. The van der Waals surface area contributed by atoms with Crippen LogP contribution in [0.2, 0.25) is 0 Å². The lowest BCUT2D eigenvalue weighted by molar-refractivity contribution is -0.141. The van der Waals surface area contributed by atoms with Gasteiger partial charge in [0.2, 0.25) is 0 Å². The summed E-state index contributed by atoms with van der Waals surface area (Å²) in [5.74, 6) is 0.618. The van der Waals surface area contributed by atoms with E-state index < -0.39 is 18.0 Å². The second-order valence-electron chi connectivity index (χ2n) is 3.93. The number of aromatic nitrogens is 2. The number of carbonyl (C=O) groups is 2. The van der Waals surface area contributed by atoms with Crippen LogP contribution in [0, 0.1) is 0 Å². The highest BCUT2D eigenvalue weighted by Gasteiger charge is 2.32. The predicted molar refractivity (Wildman–Crippen MR) is 67.7 cm³/mol. The molecule has 1 unspecified atom stereocenters. The third kappa shape index (κ3) is 2.76. The minimum atomic E-state index is -0.974. The van der Waals surface area contributed by atoms with Crippen molar-refractivity contribution in [2.45, 2.75) is 6.04 Å². The van der Waals surface area contributed by atoms with Crippen molar-refractivity contribution in [1.82, 2.24) is 14.7 Å². The van der Waals surface area contributed by atoms with E-state index in [9.17, 15) is 9.59 Å². The summed E-state index contributed by atoms with van der Waals surface area (Å²) in [5.41, 5.74) is 0. The SMILES string of the molecule is Cn1ccc(NC(=O)N2CCSCC2C(=O)O)n1. The maximum atomic E-state index is 12.0. The lowest BCUT2D eigenvalue weighted by Crippen LogP contribution is -2.51. The van der Waals surface area contributed by atoms with Crippen molar-refractivity contribution in [1.29, 1.82) is 0 Å². The van der Waals surface area contributed by atoms with Crippen LogP contribution in [0.4, 0.5) is 10.6 Å². The van der Waals surface area contributed by atoms with E-state index >= 15 is 0 Å². The van der Waals surface area contributed by atoms with E-state index in [1.54, 1.807) is 35.8 Å². The first-order valence-electron chi connectivity index (χ1n) is 5.46. The molecule has 18 heavy (non-hydrogen) atoms. The fourth-order valence-corrected chi connectivity index (χ4v) is 2.75. The smallest absolute Gasteiger partial charge is 0.327 e. The molecule has 0 aliphatic carbocycles. The Morgan fingerprint density at radius 1 is 1.61 bits per heavy atom. The molecule has 98 valence electrons. The van der Waals surface area contributed by atoms with E-state index in [4.69, 9.17) is 5.11 Å². The fraction of sp³-hybridized carbons (Fsp3) is 0.500. The van der Waals surface area contributed by atoms with Gasteiger partial charge in [-0.15, -0.1) is 0 Å². The predicted octanol–water partition coefficient (Wildman–Crippen LogP) is 0.454. The van der Waals surface area contributed by atoms with Gasteiger partial charge in [-0.05, 0) is 0 Å². The molecule has 0 radical (unpaired) electrons. The van der Waals surface area contributed by atoms with Crippen molar-refractivity contribution in [2.75, 3.05) is 23.4 Å². The van der Waals surface area contributed by atoms with E-state index in [0.717, 1.165) is 5.75 Å². The standard InChI is InChI=1S/C10H14N4O3S/c1-13-3-2-8(12-13)11-10(17)14-4-5-18-6-7(14)9(15)16/h2-3,7H,4-6H2,1H3,(H,15,16)(H,11,12,17). The summed E-state index contributed by atoms with van der Waals surface area (Å²) in [4.78, 5) is 24.4. The lowest BCUT2D eigenvalue weighted by atomic mass is 10.3. The summed E-state index contributed by atoms with van der Waals surface area (Å²) in [6.07, 6.45) is 1.70. The Kier molecular flexibility index (Phi) is 3.75. The van der Waals surface area contributed by atoms with Gasteiger partial charge in [-0.3, -0.25) is 10.00 Å². The number of amides is 2. The Labute approximate surface area is 108 Å². The second-order valence-corrected chi connectivity index (χ2v) is 5.08. The monoisotopic (exact) mass is 270 g/mol. The van der Waals surface area contributed by atoms with E-state index in [-0.39, 0.29) is 0 Å². The van der Waals surface area contributed by atoms with E-state index in [1.807, 2.05) is 0 Å². The minimum Gasteiger partial charge on any atom is -0.480 e. The minimum absolute atomic E-state index is 0.415. The van der Waals surface area contributed by atoms with Crippen LogP contribution < -0.4 is 5.32 Å². The average Bonchev–Trinajstić information content (AvgIpc) is 2.74. The number of hydrogen-bond acceptors (Lipinski definition) is 4. The van der Waals surface area contributed by atoms with E-state index in [2.05, 4.69) is 10.4 Å². The van der Waals surface area contributed by atoms with Crippen LogP contribution in [0.1, 0.15) is 0 Å². The first kappa shape index (κ1) is 12.7. The van der Waals surface area contributed by atoms with Gasteiger partial charge in [-0.2, -0.15) is 16.9 Å². The largest absolute Gasteiger partial charge is 0.480 e. The molecule has 2 amide bonds. The molecule has 1 saturated heterocycles. The lowest BCUT2D eigenvalue weighted by Gasteiger charge is -2.32. The fourth-order valence-electron chi connectivity index (χ4n) is 1.71. The van der Waals surface area contributed by atoms with Crippen molar-refractivity contribution in [2.24, 2.45) is 7.05 Å². The zero-order chi connectivity index (χ0) is 13.1. The highest BCUT2D eigenvalue weighted by atomic mass is 32.2. The van der Waals surface area contributed by atoms with Gasteiger partial charge in [0.25, 0.3) is 0 Å². The molecule has 1 aromatic heterocycles. The second kappa shape index (κ2) is 5.30. The van der Waals surface area contributed by atoms with Crippen molar-refractivity contribution in [3.63, 3.8) is 0 Å². The summed E-state index contributed by atoms with van der Waals surface area (Å²) in [6.45, 7) is 0.431. The van der Waals surface area contributed by atoms with Crippen molar-refractivity contribution in [3.05, 3.63) is 12.3 Å². The van der Waals surface area contributed by atoms with Gasteiger partial charge in [-0.1, -0.05) is 0 Å². The molecule has 2 heterocycles. The Morgan fingerprint density at radius 2 is 2.39 bits per heavy atom. The Bertz CT molecular complexity index is 462. The molecule has 1 aliphatic heterocycles. The molecular formula is C10H14N4O3S. The van der Waals surface area contributed by atoms with Crippen molar-refractivity contribution < 1.29 is 14.7 Å². The van der Waals surface area contributed by atoms with E-state index in [0.29, 0.717) is 18.1 Å². The van der Waals surface area contributed by atoms with Crippen LogP contribution in [-0.2, 0) is 11.8 Å². The number of rotatable bonds is 2. The van der Waals surface area contributed by atoms with Crippen LogP contribution in [0.3, 0.4) is 0 Å². The molecule has 0 bridgehead atoms. The number of nitrogens with zero attached hydrogens (tertiary/aromatic N) is 3. The quantitative estimate of drug-likeness (QED) is 0.815. The molecule has 8 heteroatoms. The summed E-state index contributed by atoms with van der Waals surface area (Å²) in [6, 6.07) is 0.473. The summed E-state index contributed by atoms with van der Waals surface area (Å²) < 4.78 is 1.57. The maximum absolute atomic E-state index is 12.0. The molecule has 1 atom stereocenters. The van der Waals surface area contributed by atoms with Crippen molar-refractivity contribution >= 4 is 29.6 Å². The van der Waals surface area contributed by atoms with Gasteiger partial charge in [0, 0.05) is 37.4 Å². The Hall–Kier alpha value is -1.70. The number of carboxylic acid groups (broad SMARTS) is 1. The Balaban J connectivity index is 2.04. The molecule has 1 aromatic rings. The van der Waals surface area contributed by atoms with Gasteiger partial charge in [0.05, 0.1) is 0 Å². The summed E-state index contributed by atoms with van der Waals surface area (Å²) in [7, 11) is 1.74. The number of nitrogens with one attached hydrogen (secondary N) is 1. The zero-order valence-corrected chi connectivity index (χ0v) is 10.7. The normalized spacial score (nSPS) is 19.6. The van der Waals surface area contributed by atoms with Gasteiger partial charge in [0.1, 0.15) is 6.04 Å². The summed E-state index contributed by atoms with van der Waals surface area (Å²) >= 11 is 1.54. The molecule has 0 saturated carbocycles. The first-order valence-corrected chi connectivity index (χ1v) is 6.61. The number of hydrogen-bond donors (Lipinski definition) is 2. The van der Waals surface area contributed by atoms with Crippen LogP contribution >= 0.6 is 11.8 Å². The zero-order valence-electron chi connectivity index (χ0n) is 9.87. The number of aliphatic carboxylic acids is 1. The average molecular weight is 270 g/mol. The molecule has 0 aromatic carbocycles. The summed E-state index contributed by atoms with van der Waals surface area (Å²) in [5, 5.41) is 15.7.